The highest BCUT2D eigenvalue weighted by atomic mass is 16.5. The Labute approximate surface area is 220 Å². The molecule has 3 aromatic rings. The van der Waals surface area contributed by atoms with Crippen LogP contribution in [0.3, 0.4) is 0 Å². The van der Waals surface area contributed by atoms with Crippen LogP contribution in [0, 0.1) is 0 Å². The Morgan fingerprint density at radius 2 is 2.00 bits per heavy atom. The maximum Gasteiger partial charge on any atom is 0.339 e. The zero-order valence-corrected chi connectivity index (χ0v) is 21.5. The normalized spacial score (nSPS) is 13.7. The van der Waals surface area contributed by atoms with E-state index in [0.29, 0.717) is 72.2 Å². The molecule has 0 saturated carbocycles. The zero-order chi connectivity index (χ0) is 27.1. The first-order chi connectivity index (χ1) is 18.4. The molecule has 1 aliphatic rings. The summed E-state index contributed by atoms with van der Waals surface area (Å²) in [5.41, 5.74) is 3.02. The molecule has 1 aromatic carbocycles. The Kier molecular flexibility index (Phi) is 8.51. The van der Waals surface area contributed by atoms with E-state index in [1.807, 2.05) is 0 Å². The first-order valence-electron chi connectivity index (χ1n) is 12.0. The van der Waals surface area contributed by atoms with E-state index in [1.165, 1.54) is 11.2 Å². The van der Waals surface area contributed by atoms with Gasteiger partial charge in [-0.25, -0.2) is 15.6 Å². The average Bonchev–Trinajstić information content (AvgIpc) is 2.96. The van der Waals surface area contributed by atoms with Crippen molar-refractivity contribution < 1.29 is 19.0 Å². The lowest BCUT2D eigenvalue weighted by molar-refractivity contribution is 0.0526. The Bertz CT molecular complexity index is 1310. The molecule has 3 heterocycles. The van der Waals surface area contributed by atoms with Crippen molar-refractivity contribution in [2.45, 2.75) is 13.8 Å². The molecule has 0 atom stereocenters. The number of esters is 1. The van der Waals surface area contributed by atoms with Gasteiger partial charge in [0.1, 0.15) is 17.4 Å². The second-order valence-corrected chi connectivity index (χ2v) is 8.30. The molecule has 0 amide bonds. The number of ether oxygens (including phenoxy) is 3. The predicted molar refractivity (Wildman–Crippen MR) is 144 cm³/mol. The van der Waals surface area contributed by atoms with Crippen molar-refractivity contribution in [3.05, 3.63) is 48.4 Å². The van der Waals surface area contributed by atoms with E-state index >= 15 is 0 Å². The van der Waals surface area contributed by atoms with Crippen LogP contribution in [-0.2, 0) is 9.47 Å². The van der Waals surface area contributed by atoms with E-state index in [0.717, 1.165) is 5.56 Å². The highest BCUT2D eigenvalue weighted by molar-refractivity contribution is 5.95. The minimum absolute atomic E-state index is 0.276. The molecule has 200 valence electrons. The minimum atomic E-state index is -0.438. The number of hydrazone groups is 1. The standard InChI is InChI=1S/C25H31N9O4/c1-4-38-24(35)18-9-17(13-28-14-18)22-15-29-25(31-23(22)33-5-7-37-8-6-33)30-19-10-20(12-21(11-19)36-3)34(27)16(2)32-26/h9-15H,4-8,26-27H2,1-3H3,(H,29,30,31)/b32-16-. The number of amidine groups is 1. The number of aromatic nitrogens is 3. The van der Waals surface area contributed by atoms with Gasteiger partial charge in [0.05, 0.1) is 38.2 Å². The fraction of sp³-hybridized carbons (Fsp3) is 0.320. The van der Waals surface area contributed by atoms with Crippen LogP contribution in [0.4, 0.5) is 23.1 Å². The third kappa shape index (κ3) is 6.07. The van der Waals surface area contributed by atoms with E-state index in [9.17, 15) is 4.79 Å². The molecule has 1 fully saturated rings. The van der Waals surface area contributed by atoms with Crippen LogP contribution in [0.2, 0.25) is 0 Å². The van der Waals surface area contributed by atoms with Crippen molar-refractivity contribution in [3.8, 4) is 16.9 Å². The first kappa shape index (κ1) is 26.6. The van der Waals surface area contributed by atoms with Crippen LogP contribution < -0.4 is 31.6 Å². The van der Waals surface area contributed by atoms with Crippen LogP contribution in [0.25, 0.3) is 11.1 Å². The summed E-state index contributed by atoms with van der Waals surface area (Å²) in [4.78, 5) is 28.0. The van der Waals surface area contributed by atoms with Gasteiger partial charge in [0, 0.05) is 60.6 Å². The molecule has 13 nitrogen and oxygen atoms in total. The summed E-state index contributed by atoms with van der Waals surface area (Å²) in [7, 11) is 1.56. The smallest absolute Gasteiger partial charge is 0.339 e. The van der Waals surface area contributed by atoms with Crippen LogP contribution in [0.1, 0.15) is 24.2 Å². The van der Waals surface area contributed by atoms with Crippen molar-refractivity contribution in [2.24, 2.45) is 16.8 Å². The average molecular weight is 522 g/mol. The number of benzene rings is 1. The molecule has 0 spiro atoms. The largest absolute Gasteiger partial charge is 0.497 e. The number of anilines is 4. The lowest BCUT2D eigenvalue weighted by Gasteiger charge is -2.29. The number of hydrogen-bond acceptors (Lipinski definition) is 12. The van der Waals surface area contributed by atoms with E-state index in [4.69, 9.17) is 30.9 Å². The molecule has 13 heteroatoms. The summed E-state index contributed by atoms with van der Waals surface area (Å²) >= 11 is 0. The monoisotopic (exact) mass is 521 g/mol. The van der Waals surface area contributed by atoms with Gasteiger partial charge in [-0.1, -0.05) is 0 Å². The van der Waals surface area contributed by atoms with Gasteiger partial charge in [-0.05, 0) is 26.0 Å². The second kappa shape index (κ2) is 12.2. The molecule has 0 aliphatic carbocycles. The van der Waals surface area contributed by atoms with Crippen molar-refractivity contribution >= 4 is 34.9 Å². The molecule has 0 radical (unpaired) electrons. The van der Waals surface area contributed by atoms with Gasteiger partial charge in [-0.15, -0.1) is 0 Å². The van der Waals surface area contributed by atoms with Gasteiger partial charge < -0.3 is 30.3 Å². The second-order valence-electron chi connectivity index (χ2n) is 8.30. The fourth-order valence-electron chi connectivity index (χ4n) is 3.86. The summed E-state index contributed by atoms with van der Waals surface area (Å²) in [5, 5.41) is 8.22. The quantitative estimate of drug-likeness (QED) is 0.130. The highest BCUT2D eigenvalue weighted by Gasteiger charge is 2.20. The van der Waals surface area contributed by atoms with Gasteiger partial charge in [0.2, 0.25) is 5.95 Å². The summed E-state index contributed by atoms with van der Waals surface area (Å²) in [6.45, 7) is 6.17. The molecule has 4 rings (SSSR count). The Balaban J connectivity index is 1.72. The molecular weight excluding hydrogens is 490 g/mol. The topological polar surface area (TPSA) is 166 Å². The van der Waals surface area contributed by atoms with Gasteiger partial charge in [0.25, 0.3) is 0 Å². The molecule has 2 aromatic heterocycles. The number of morpholine rings is 1. The van der Waals surface area contributed by atoms with Gasteiger partial charge in [-0.2, -0.15) is 10.1 Å². The van der Waals surface area contributed by atoms with Crippen LogP contribution in [0.15, 0.2) is 48.0 Å². The summed E-state index contributed by atoms with van der Waals surface area (Å²) < 4.78 is 16.1. The van der Waals surface area contributed by atoms with Crippen molar-refractivity contribution in [1.29, 1.82) is 0 Å². The Morgan fingerprint density at radius 1 is 1.21 bits per heavy atom. The number of pyridine rings is 1. The maximum absolute atomic E-state index is 12.3. The first-order valence-corrected chi connectivity index (χ1v) is 12.0. The van der Waals surface area contributed by atoms with Crippen molar-refractivity contribution in [2.75, 3.05) is 55.2 Å². The Hall–Kier alpha value is -4.49. The van der Waals surface area contributed by atoms with E-state index in [-0.39, 0.29) is 6.61 Å². The minimum Gasteiger partial charge on any atom is -0.497 e. The number of carbonyl (C=O) groups is 1. The van der Waals surface area contributed by atoms with Crippen molar-refractivity contribution in [3.63, 3.8) is 0 Å². The number of hydrazine groups is 1. The zero-order valence-electron chi connectivity index (χ0n) is 21.5. The van der Waals surface area contributed by atoms with Gasteiger partial charge in [0.15, 0.2) is 0 Å². The van der Waals surface area contributed by atoms with Crippen LogP contribution in [0.5, 0.6) is 5.75 Å². The SMILES string of the molecule is CCOC(=O)c1cncc(-c2cnc(Nc3cc(OC)cc(N(N)/C(C)=N\N)c3)nc2N2CCOCC2)c1. The van der Waals surface area contributed by atoms with Gasteiger partial charge in [-0.3, -0.25) is 9.99 Å². The predicted octanol–water partition coefficient (Wildman–Crippen LogP) is 2.28. The van der Waals surface area contributed by atoms with E-state index < -0.39 is 5.97 Å². The fourth-order valence-corrected chi connectivity index (χ4v) is 3.86. The summed E-state index contributed by atoms with van der Waals surface area (Å²) in [6, 6.07) is 7.08. The van der Waals surface area contributed by atoms with Crippen molar-refractivity contribution in [1.82, 2.24) is 15.0 Å². The third-order valence-corrected chi connectivity index (χ3v) is 5.84. The number of nitrogens with one attached hydrogen (secondary N) is 1. The highest BCUT2D eigenvalue weighted by Crippen LogP contribution is 2.32. The maximum atomic E-state index is 12.3. The number of methoxy groups -OCH3 is 1. The number of nitrogens with two attached hydrogens (primary N) is 2. The summed E-state index contributed by atoms with van der Waals surface area (Å²) in [5.74, 6) is 13.1. The van der Waals surface area contributed by atoms with Crippen LogP contribution in [-0.4, -0.2) is 66.8 Å². The lowest BCUT2D eigenvalue weighted by Crippen LogP contribution is -2.37. The molecule has 1 aliphatic heterocycles. The van der Waals surface area contributed by atoms with E-state index in [2.05, 4.69) is 25.3 Å². The number of nitrogens with zero attached hydrogens (tertiary/aromatic N) is 6. The molecule has 0 bridgehead atoms. The molecule has 38 heavy (non-hydrogen) atoms. The summed E-state index contributed by atoms with van der Waals surface area (Å²) in [6.07, 6.45) is 4.85. The Morgan fingerprint density at radius 3 is 2.71 bits per heavy atom. The molecular formula is C25H31N9O4. The number of hydrogen-bond donors (Lipinski definition) is 3. The van der Waals surface area contributed by atoms with Crippen LogP contribution >= 0.6 is 0 Å². The van der Waals surface area contributed by atoms with E-state index in [1.54, 1.807) is 57.6 Å². The lowest BCUT2D eigenvalue weighted by atomic mass is 10.1. The number of rotatable bonds is 8. The molecule has 5 N–H and O–H groups in total. The van der Waals surface area contributed by atoms with Gasteiger partial charge >= 0.3 is 5.97 Å². The molecule has 1 saturated heterocycles. The third-order valence-electron chi connectivity index (χ3n) is 5.84. The molecule has 0 unspecified atom stereocenters. The number of carbonyl (C=O) groups excluding carboxylic acids is 1.